The van der Waals surface area contributed by atoms with Crippen LogP contribution < -0.4 is 24.8 Å². The fraction of sp³-hybridized carbons (Fsp3) is 0.462. The fourth-order valence-electron chi connectivity index (χ4n) is 12.1. The van der Waals surface area contributed by atoms with E-state index >= 15 is 0 Å². The molecule has 4 aromatic carbocycles. The van der Waals surface area contributed by atoms with E-state index in [0.717, 1.165) is 24.2 Å². The molecule has 288 valence electrons. The van der Waals surface area contributed by atoms with Crippen LogP contribution in [0.1, 0.15) is 149 Å². The summed E-state index contributed by atoms with van der Waals surface area (Å²) >= 11 is 1.54. The van der Waals surface area contributed by atoms with Crippen LogP contribution in [0.4, 0.5) is 0 Å². The first-order chi connectivity index (χ1) is 25.1. The van der Waals surface area contributed by atoms with Gasteiger partial charge in [0.1, 0.15) is 0 Å². The molecule has 0 aromatic heterocycles. The average molecular weight is 847 g/mol. The summed E-state index contributed by atoms with van der Waals surface area (Å²) < 4.78 is 1.55. The third-order valence-electron chi connectivity index (χ3n) is 14.0. The average Bonchev–Trinajstić information content (AvgIpc) is 3.76. The Hall–Kier alpha value is -2.18. The maximum absolute atomic E-state index is 3.65. The first kappa shape index (κ1) is 42.4. The predicted molar refractivity (Wildman–Crippen MR) is 223 cm³/mol. The Morgan fingerprint density at radius 3 is 1.85 bits per heavy atom. The molecule has 4 aromatic rings. The van der Waals surface area contributed by atoms with E-state index in [-0.39, 0.29) is 35.6 Å². The Bertz CT molecular complexity index is 2030. The predicted octanol–water partition coefficient (Wildman–Crippen LogP) is 7.40. The Morgan fingerprint density at radius 2 is 1.31 bits per heavy atom. The van der Waals surface area contributed by atoms with Crippen molar-refractivity contribution in [2.45, 2.75) is 131 Å². The number of fused-ring (bicyclic) bond motifs is 5. The molecule has 3 heteroatoms. The second-order valence-corrected chi connectivity index (χ2v) is 20.7. The first-order valence-corrected chi connectivity index (χ1v) is 21.9. The van der Waals surface area contributed by atoms with E-state index in [1.54, 1.807) is 52.9 Å². The number of rotatable bonds is 4. The van der Waals surface area contributed by atoms with Gasteiger partial charge in [0.05, 0.1) is 0 Å². The molecule has 0 atom stereocenters. The van der Waals surface area contributed by atoms with Crippen LogP contribution in [0.2, 0.25) is 0 Å². The second-order valence-electron chi connectivity index (χ2n) is 19.2. The van der Waals surface area contributed by atoms with Gasteiger partial charge in [-0.15, -0.1) is 11.6 Å². The molecule has 0 unspecified atom stereocenters. The zero-order chi connectivity index (χ0) is 37.4. The summed E-state index contributed by atoms with van der Waals surface area (Å²) in [6.07, 6.45) is 19.0. The first-order valence-electron chi connectivity index (χ1n) is 20.7. The van der Waals surface area contributed by atoms with Crippen LogP contribution in [0.15, 0.2) is 72.8 Å². The Kier molecular flexibility index (Phi) is 12.2. The summed E-state index contributed by atoms with van der Waals surface area (Å²) in [5.74, 6) is 3.27. The molecule has 4 fully saturated rings. The van der Waals surface area contributed by atoms with Crippen molar-refractivity contribution in [2.24, 2.45) is 23.2 Å². The second kappa shape index (κ2) is 15.9. The van der Waals surface area contributed by atoms with Gasteiger partial charge in [-0.1, -0.05) is 78.5 Å². The van der Waals surface area contributed by atoms with E-state index in [9.17, 15) is 0 Å². The van der Waals surface area contributed by atoms with Crippen LogP contribution >= 0.6 is 0 Å². The number of benzene rings is 3. The van der Waals surface area contributed by atoms with Crippen molar-refractivity contribution < 1.29 is 49.0 Å². The largest absolute Gasteiger partial charge is 1.00 e. The van der Waals surface area contributed by atoms with Crippen molar-refractivity contribution in [2.75, 3.05) is 0 Å². The Morgan fingerprint density at radius 1 is 0.745 bits per heavy atom. The number of hydrogen-bond donors (Lipinski definition) is 0. The summed E-state index contributed by atoms with van der Waals surface area (Å²) in [6.45, 7) is 20.4. The molecule has 4 saturated carbocycles. The molecular formula is C52H60Cl2Zr-2. The minimum Gasteiger partial charge on any atom is -1.00 e. The summed E-state index contributed by atoms with van der Waals surface area (Å²) in [5, 5.41) is 0. The molecule has 11 rings (SSSR count). The molecule has 0 aliphatic heterocycles. The van der Waals surface area contributed by atoms with E-state index in [2.05, 4.69) is 141 Å². The number of halogens is 2. The minimum absolute atomic E-state index is 0. The Labute approximate surface area is 360 Å². The van der Waals surface area contributed by atoms with Crippen LogP contribution in [0.3, 0.4) is 0 Å². The summed E-state index contributed by atoms with van der Waals surface area (Å²) in [7, 11) is 0. The number of allylic oxidation sites excluding steroid dienone is 4. The zero-order valence-corrected chi connectivity index (χ0v) is 38.8. The van der Waals surface area contributed by atoms with Crippen LogP contribution in [-0.4, -0.2) is 3.21 Å². The van der Waals surface area contributed by atoms with Crippen LogP contribution in [0.5, 0.6) is 0 Å². The van der Waals surface area contributed by atoms with Gasteiger partial charge < -0.3 is 24.8 Å². The van der Waals surface area contributed by atoms with Gasteiger partial charge in [0, 0.05) is 5.41 Å². The van der Waals surface area contributed by atoms with Crippen LogP contribution in [-0.2, 0) is 47.9 Å². The molecule has 0 spiro atoms. The van der Waals surface area contributed by atoms with Crippen molar-refractivity contribution in [1.29, 1.82) is 0 Å². The standard InChI is InChI=1S/C25H25.C18H25.C9H10.2ClH.Zr/c1-14-12-24(3,4)22-8-16-7-17-9-23-19(15(2)13-25(23,5)6)11-21(17)20(16)10-18(14)22;1-12-3-13(2)17(4-12)11-18-8-14-5-15(9-18)7-16(6-14)10-18;1-2-6-9-7-4-3-5-8-9;;;/h8-12H,7H2,1-6H3;3-4,14-16H,5-11H2,1-2H3;3-5,7-8H,2H2,1H3;2*1H;/q2*-1;;;;+2/p-2. The summed E-state index contributed by atoms with van der Waals surface area (Å²) in [5.41, 5.74) is 21.3. The van der Waals surface area contributed by atoms with Crippen molar-refractivity contribution in [1.82, 2.24) is 0 Å². The molecule has 0 radical (unpaired) electrons. The smallest absolute Gasteiger partial charge is 0.0363 e. The van der Waals surface area contributed by atoms with Gasteiger partial charge in [-0.25, -0.2) is 11.6 Å². The van der Waals surface area contributed by atoms with Gasteiger partial charge in [0.25, 0.3) is 0 Å². The van der Waals surface area contributed by atoms with Crippen molar-refractivity contribution in [3.63, 3.8) is 0 Å². The molecule has 0 nitrogen and oxygen atoms in total. The zero-order valence-electron chi connectivity index (χ0n) is 34.8. The van der Waals surface area contributed by atoms with E-state index in [1.807, 2.05) is 0 Å². The van der Waals surface area contributed by atoms with E-state index < -0.39 is 0 Å². The number of aryl methyl sites for hydroxylation is 2. The van der Waals surface area contributed by atoms with Gasteiger partial charge in [0.15, 0.2) is 0 Å². The van der Waals surface area contributed by atoms with Crippen LogP contribution in [0.25, 0.3) is 22.3 Å². The molecule has 0 N–H and O–H groups in total. The fourth-order valence-corrected chi connectivity index (χ4v) is 12.5. The van der Waals surface area contributed by atoms with Gasteiger partial charge in [-0.2, -0.15) is 28.3 Å². The van der Waals surface area contributed by atoms with Crippen molar-refractivity contribution in [3.8, 4) is 11.1 Å². The monoisotopic (exact) mass is 844 g/mol. The maximum Gasteiger partial charge on any atom is -0.0363 e. The van der Waals surface area contributed by atoms with Gasteiger partial charge >= 0.3 is 76.7 Å². The molecular weight excluding hydrogens is 787 g/mol. The maximum atomic E-state index is 3.65. The van der Waals surface area contributed by atoms with E-state index in [4.69, 9.17) is 0 Å². The SMILES string of the molecule is CC1=[C-]C(C)(C)c2cc3c(cc21)-c1cc2c(cc1C3)C(C)(C)C=C2C.CC[C](=[Zr+2])c1ccccc1.Cc1cc(CC23CC4CC(CC(C4)C2)C3)c(C)[cH-]1.[Cl-].[Cl-]. The third-order valence-corrected chi connectivity index (χ3v) is 15.6. The number of hydrogen-bond acceptors (Lipinski definition) is 0. The van der Waals surface area contributed by atoms with Crippen molar-refractivity contribution >= 4 is 14.4 Å². The Balaban J connectivity index is 0.000000151. The molecule has 4 bridgehead atoms. The minimum atomic E-state index is 0. The normalized spacial score (nSPS) is 24.7. The summed E-state index contributed by atoms with van der Waals surface area (Å²) in [6, 6.07) is 25.2. The summed E-state index contributed by atoms with van der Waals surface area (Å²) in [4.78, 5) is 0. The van der Waals surface area contributed by atoms with E-state index in [0.29, 0.717) is 5.41 Å². The topological polar surface area (TPSA) is 0 Å². The van der Waals surface area contributed by atoms with Gasteiger partial charge in [0.2, 0.25) is 0 Å². The molecule has 7 aliphatic carbocycles. The van der Waals surface area contributed by atoms with E-state index in [1.165, 1.54) is 104 Å². The molecule has 0 amide bonds. The van der Waals surface area contributed by atoms with Crippen LogP contribution in [0, 0.1) is 43.1 Å². The molecule has 55 heavy (non-hydrogen) atoms. The quantitative estimate of drug-likeness (QED) is 0.166. The van der Waals surface area contributed by atoms with Gasteiger partial charge in [-0.3, -0.25) is 6.08 Å². The molecule has 0 saturated heterocycles. The van der Waals surface area contributed by atoms with Gasteiger partial charge in [-0.05, 0) is 120 Å². The molecule has 7 aliphatic rings. The third kappa shape index (κ3) is 8.13. The van der Waals surface area contributed by atoms with Crippen molar-refractivity contribution in [3.05, 3.63) is 135 Å². The molecule has 0 heterocycles.